The molecule has 0 aliphatic carbocycles. The van der Waals surface area contributed by atoms with Crippen LogP contribution < -0.4 is 5.32 Å². The molecule has 0 aliphatic rings. The third-order valence-electron chi connectivity index (χ3n) is 3.38. The Labute approximate surface area is 116 Å². The van der Waals surface area contributed by atoms with Crippen molar-refractivity contribution in [3.05, 3.63) is 35.4 Å². The number of hydrogen-bond donors (Lipinski definition) is 2. The summed E-state index contributed by atoms with van der Waals surface area (Å²) in [5.41, 5.74) is 2.56. The fourth-order valence-corrected chi connectivity index (χ4v) is 2.09. The molecule has 3 heteroatoms. The van der Waals surface area contributed by atoms with Crippen molar-refractivity contribution in [3.63, 3.8) is 0 Å². The zero-order valence-electron chi connectivity index (χ0n) is 12.1. The SMILES string of the molecule is CCCc1ccc(CNCC(C(=O)O)C(C)C)cc1. The van der Waals surface area contributed by atoms with Gasteiger partial charge in [-0.3, -0.25) is 4.79 Å². The van der Waals surface area contributed by atoms with Gasteiger partial charge < -0.3 is 10.4 Å². The fraction of sp³-hybridized carbons (Fsp3) is 0.562. The van der Waals surface area contributed by atoms with E-state index in [-0.39, 0.29) is 11.8 Å². The van der Waals surface area contributed by atoms with E-state index in [1.807, 2.05) is 13.8 Å². The highest BCUT2D eigenvalue weighted by Gasteiger charge is 2.20. The normalized spacial score (nSPS) is 12.6. The maximum atomic E-state index is 11.1. The molecule has 1 atom stereocenters. The molecule has 0 saturated carbocycles. The molecule has 1 rings (SSSR count). The van der Waals surface area contributed by atoms with E-state index in [1.165, 1.54) is 11.1 Å². The summed E-state index contributed by atoms with van der Waals surface area (Å²) in [4.78, 5) is 11.1. The molecule has 1 aromatic rings. The lowest BCUT2D eigenvalue weighted by Gasteiger charge is -2.16. The Kier molecular flexibility index (Phi) is 6.57. The fourth-order valence-electron chi connectivity index (χ4n) is 2.09. The van der Waals surface area contributed by atoms with Gasteiger partial charge >= 0.3 is 5.97 Å². The highest BCUT2D eigenvalue weighted by atomic mass is 16.4. The van der Waals surface area contributed by atoms with E-state index in [9.17, 15) is 4.79 Å². The number of aryl methyl sites for hydroxylation is 1. The molecule has 0 aromatic heterocycles. The van der Waals surface area contributed by atoms with Crippen LogP contribution in [0, 0.1) is 11.8 Å². The molecular formula is C16H25NO2. The summed E-state index contributed by atoms with van der Waals surface area (Å²) >= 11 is 0. The highest BCUT2D eigenvalue weighted by molar-refractivity contribution is 5.70. The van der Waals surface area contributed by atoms with Gasteiger partial charge in [-0.05, 0) is 23.5 Å². The maximum absolute atomic E-state index is 11.1. The van der Waals surface area contributed by atoms with E-state index in [4.69, 9.17) is 5.11 Å². The minimum atomic E-state index is -0.721. The molecule has 2 N–H and O–H groups in total. The lowest BCUT2D eigenvalue weighted by molar-refractivity contribution is -0.143. The van der Waals surface area contributed by atoms with Crippen molar-refractivity contribution in [2.45, 2.75) is 40.2 Å². The first-order valence-electron chi connectivity index (χ1n) is 7.06. The molecule has 0 fully saturated rings. The van der Waals surface area contributed by atoms with E-state index in [2.05, 4.69) is 36.5 Å². The van der Waals surface area contributed by atoms with Crippen LogP contribution >= 0.6 is 0 Å². The Morgan fingerprint density at radius 2 is 1.79 bits per heavy atom. The maximum Gasteiger partial charge on any atom is 0.308 e. The molecule has 0 radical (unpaired) electrons. The van der Waals surface area contributed by atoms with Gasteiger partial charge in [-0.1, -0.05) is 51.5 Å². The standard InChI is InChI=1S/C16H25NO2/c1-4-5-13-6-8-14(9-7-13)10-17-11-15(12(2)3)16(18)19/h6-9,12,15,17H,4-5,10-11H2,1-3H3,(H,18,19). The van der Waals surface area contributed by atoms with Crippen LogP contribution in [0.5, 0.6) is 0 Å². The number of carboxylic acids is 1. The van der Waals surface area contributed by atoms with Crippen molar-refractivity contribution < 1.29 is 9.90 Å². The summed E-state index contributed by atoms with van der Waals surface area (Å²) in [6.07, 6.45) is 2.27. The highest BCUT2D eigenvalue weighted by Crippen LogP contribution is 2.11. The largest absolute Gasteiger partial charge is 0.481 e. The third-order valence-corrected chi connectivity index (χ3v) is 3.38. The van der Waals surface area contributed by atoms with Crippen molar-refractivity contribution in [1.29, 1.82) is 0 Å². The average Bonchev–Trinajstić information content (AvgIpc) is 2.36. The van der Waals surface area contributed by atoms with Gasteiger partial charge in [0.2, 0.25) is 0 Å². The minimum absolute atomic E-state index is 0.150. The smallest absolute Gasteiger partial charge is 0.308 e. The van der Waals surface area contributed by atoms with Crippen molar-refractivity contribution in [2.75, 3.05) is 6.54 Å². The molecule has 1 aromatic carbocycles. The lowest BCUT2D eigenvalue weighted by atomic mass is 9.96. The Hall–Kier alpha value is -1.35. The van der Waals surface area contributed by atoms with Crippen LogP contribution in [0.2, 0.25) is 0 Å². The number of aliphatic carboxylic acids is 1. The average molecular weight is 263 g/mol. The first kappa shape index (κ1) is 15.7. The molecule has 1 unspecified atom stereocenters. The van der Waals surface area contributed by atoms with Gasteiger partial charge in [-0.25, -0.2) is 0 Å². The van der Waals surface area contributed by atoms with Gasteiger partial charge in [0, 0.05) is 13.1 Å². The van der Waals surface area contributed by atoms with Gasteiger partial charge in [0.1, 0.15) is 0 Å². The van der Waals surface area contributed by atoms with Crippen LogP contribution in [0.15, 0.2) is 24.3 Å². The number of hydrogen-bond acceptors (Lipinski definition) is 2. The molecule has 0 aliphatic heterocycles. The van der Waals surface area contributed by atoms with Crippen LogP contribution in [0.25, 0.3) is 0 Å². The summed E-state index contributed by atoms with van der Waals surface area (Å²) in [7, 11) is 0. The predicted octanol–water partition coefficient (Wildman–Crippen LogP) is 3.09. The van der Waals surface area contributed by atoms with Crippen LogP contribution in [-0.2, 0) is 17.8 Å². The summed E-state index contributed by atoms with van der Waals surface area (Å²) < 4.78 is 0. The van der Waals surface area contributed by atoms with E-state index in [0.29, 0.717) is 6.54 Å². The Morgan fingerprint density at radius 3 is 2.26 bits per heavy atom. The molecule has 19 heavy (non-hydrogen) atoms. The van der Waals surface area contributed by atoms with E-state index >= 15 is 0 Å². The molecule has 106 valence electrons. The number of carboxylic acid groups (broad SMARTS) is 1. The summed E-state index contributed by atoms with van der Waals surface area (Å²) in [5, 5.41) is 12.3. The third kappa shape index (κ3) is 5.43. The minimum Gasteiger partial charge on any atom is -0.481 e. The zero-order chi connectivity index (χ0) is 14.3. The van der Waals surface area contributed by atoms with Crippen molar-refractivity contribution in [3.8, 4) is 0 Å². The van der Waals surface area contributed by atoms with Crippen molar-refractivity contribution in [1.82, 2.24) is 5.32 Å². The molecule has 0 heterocycles. The van der Waals surface area contributed by atoms with E-state index in [0.717, 1.165) is 19.4 Å². The van der Waals surface area contributed by atoms with Crippen molar-refractivity contribution >= 4 is 5.97 Å². The molecule has 0 amide bonds. The zero-order valence-corrected chi connectivity index (χ0v) is 12.1. The second-order valence-electron chi connectivity index (χ2n) is 5.39. The Balaban J connectivity index is 2.42. The van der Waals surface area contributed by atoms with Crippen molar-refractivity contribution in [2.24, 2.45) is 11.8 Å². The second-order valence-corrected chi connectivity index (χ2v) is 5.39. The van der Waals surface area contributed by atoms with Gasteiger partial charge in [0.25, 0.3) is 0 Å². The number of benzene rings is 1. The molecule has 0 spiro atoms. The van der Waals surface area contributed by atoms with E-state index in [1.54, 1.807) is 0 Å². The van der Waals surface area contributed by atoms with Gasteiger partial charge in [0.15, 0.2) is 0 Å². The van der Waals surface area contributed by atoms with Gasteiger partial charge in [-0.15, -0.1) is 0 Å². The van der Waals surface area contributed by atoms with Crippen LogP contribution in [-0.4, -0.2) is 17.6 Å². The summed E-state index contributed by atoms with van der Waals surface area (Å²) in [6, 6.07) is 8.53. The quantitative estimate of drug-likeness (QED) is 0.757. The molecular weight excluding hydrogens is 238 g/mol. The van der Waals surface area contributed by atoms with Gasteiger partial charge in [0.05, 0.1) is 5.92 Å². The van der Waals surface area contributed by atoms with Crippen LogP contribution in [0.1, 0.15) is 38.3 Å². The molecule has 3 nitrogen and oxygen atoms in total. The Bertz CT molecular complexity index is 384. The van der Waals surface area contributed by atoms with Crippen LogP contribution in [0.4, 0.5) is 0 Å². The summed E-state index contributed by atoms with van der Waals surface area (Å²) in [5.74, 6) is -0.892. The molecule has 0 saturated heterocycles. The Morgan fingerprint density at radius 1 is 1.21 bits per heavy atom. The van der Waals surface area contributed by atoms with Crippen LogP contribution in [0.3, 0.4) is 0 Å². The first-order valence-corrected chi connectivity index (χ1v) is 7.06. The topological polar surface area (TPSA) is 49.3 Å². The van der Waals surface area contributed by atoms with E-state index < -0.39 is 5.97 Å². The number of nitrogens with one attached hydrogen (secondary N) is 1. The first-order chi connectivity index (χ1) is 9.04. The summed E-state index contributed by atoms with van der Waals surface area (Å²) in [6.45, 7) is 7.31. The second kappa shape index (κ2) is 7.95. The predicted molar refractivity (Wildman–Crippen MR) is 78.1 cm³/mol. The lowest BCUT2D eigenvalue weighted by Crippen LogP contribution is -2.31. The monoisotopic (exact) mass is 263 g/mol. The number of carbonyl (C=O) groups is 1. The number of rotatable bonds is 8. The van der Waals surface area contributed by atoms with Gasteiger partial charge in [-0.2, -0.15) is 0 Å². The molecule has 0 bridgehead atoms.